The highest BCUT2D eigenvalue weighted by Crippen LogP contribution is 2.40. The molecule has 13 heteroatoms. The summed E-state index contributed by atoms with van der Waals surface area (Å²) in [5.74, 6) is 1.33. The second-order valence-corrected chi connectivity index (χ2v) is 9.54. The molecule has 1 N–H and O–H groups in total. The number of sulfonamides is 1. The summed E-state index contributed by atoms with van der Waals surface area (Å²) >= 11 is 0. The Morgan fingerprint density at radius 2 is 1.82 bits per heavy atom. The minimum atomic E-state index is -3.94. The van der Waals surface area contributed by atoms with Gasteiger partial charge in [0.25, 0.3) is 0 Å². The fourth-order valence-electron chi connectivity index (χ4n) is 3.38. The minimum Gasteiger partial charge on any atom is -0.481 e. The number of ether oxygens (including phenoxy) is 3. The van der Waals surface area contributed by atoms with E-state index in [2.05, 4.69) is 29.9 Å². The average molecular weight is 476 g/mol. The Morgan fingerprint density at radius 3 is 2.42 bits per heavy atom. The molecule has 2 unspecified atom stereocenters. The van der Waals surface area contributed by atoms with Crippen molar-refractivity contribution in [2.75, 3.05) is 26.1 Å². The fraction of sp³-hybridized carbons (Fsp3) is 0.450. The number of anilines is 1. The Morgan fingerprint density at radius 1 is 1.06 bits per heavy atom. The maximum atomic E-state index is 13.3. The lowest BCUT2D eigenvalue weighted by Crippen LogP contribution is -2.33. The van der Waals surface area contributed by atoms with Crippen LogP contribution in [0.25, 0.3) is 11.5 Å². The lowest BCUT2D eigenvalue weighted by Gasteiger charge is -2.22. The van der Waals surface area contributed by atoms with Crippen molar-refractivity contribution in [3.63, 3.8) is 0 Å². The van der Waals surface area contributed by atoms with Crippen LogP contribution in [-0.2, 0) is 14.8 Å². The summed E-state index contributed by atoms with van der Waals surface area (Å²) in [6.45, 7) is 1.53. The molecule has 12 nitrogen and oxygen atoms in total. The molecule has 0 spiro atoms. The van der Waals surface area contributed by atoms with Crippen LogP contribution in [0.15, 0.2) is 30.6 Å². The summed E-state index contributed by atoms with van der Waals surface area (Å²) in [5.41, 5.74) is 0.900. The molecule has 4 rings (SSSR count). The smallest absolute Gasteiger partial charge is 0.240 e. The van der Waals surface area contributed by atoms with Gasteiger partial charge in [-0.3, -0.25) is 14.3 Å². The van der Waals surface area contributed by atoms with Gasteiger partial charge in [-0.15, -0.1) is 10.2 Å². The van der Waals surface area contributed by atoms with E-state index in [1.807, 2.05) is 0 Å². The van der Waals surface area contributed by atoms with Gasteiger partial charge in [-0.2, -0.15) is 0 Å². The highest BCUT2D eigenvalue weighted by atomic mass is 32.2. The Kier molecular flexibility index (Phi) is 6.42. The van der Waals surface area contributed by atoms with Crippen molar-refractivity contribution in [3.8, 4) is 23.3 Å². The highest BCUT2D eigenvalue weighted by molar-refractivity contribution is 7.93. The Hall–Kier alpha value is -3.32. The molecule has 0 bridgehead atoms. The zero-order chi connectivity index (χ0) is 23.6. The summed E-state index contributed by atoms with van der Waals surface area (Å²) < 4.78 is 46.5. The number of rotatable bonds is 10. The summed E-state index contributed by atoms with van der Waals surface area (Å²) in [6.07, 6.45) is 3.75. The van der Waals surface area contributed by atoms with Gasteiger partial charge in [0.15, 0.2) is 5.82 Å². The van der Waals surface area contributed by atoms with E-state index in [1.165, 1.54) is 40.6 Å². The van der Waals surface area contributed by atoms with Crippen molar-refractivity contribution in [2.45, 2.75) is 37.2 Å². The lowest BCUT2D eigenvalue weighted by atomic mass is 10.2. The van der Waals surface area contributed by atoms with Crippen LogP contribution in [0.3, 0.4) is 0 Å². The van der Waals surface area contributed by atoms with Crippen LogP contribution in [0.1, 0.15) is 37.6 Å². The van der Waals surface area contributed by atoms with E-state index >= 15 is 0 Å². The predicted molar refractivity (Wildman–Crippen MR) is 118 cm³/mol. The molecule has 0 aliphatic heterocycles. The average Bonchev–Trinajstić information content (AvgIpc) is 3.59. The molecule has 176 valence electrons. The first-order chi connectivity index (χ1) is 15.9. The molecule has 1 aliphatic rings. The number of aromatic nitrogens is 6. The molecule has 3 aromatic rings. The molecular formula is C20H25N7O5S. The normalized spacial score (nSPS) is 15.6. The maximum Gasteiger partial charge on any atom is 0.240 e. The molecule has 3 heterocycles. The van der Waals surface area contributed by atoms with E-state index in [1.54, 1.807) is 22.8 Å². The minimum absolute atomic E-state index is 0.0849. The lowest BCUT2D eigenvalue weighted by molar-refractivity contribution is 0.0984. The van der Waals surface area contributed by atoms with E-state index < -0.39 is 21.4 Å². The topological polar surface area (TPSA) is 143 Å². The molecule has 0 amide bonds. The van der Waals surface area contributed by atoms with Crippen LogP contribution in [0.4, 0.5) is 5.95 Å². The number of hydrogen-bond acceptors (Lipinski definition) is 10. The van der Waals surface area contributed by atoms with Crippen LogP contribution in [0, 0.1) is 0 Å². The first kappa shape index (κ1) is 22.9. The van der Waals surface area contributed by atoms with Crippen LogP contribution in [-0.4, -0.2) is 64.7 Å². The van der Waals surface area contributed by atoms with Gasteiger partial charge in [0.1, 0.15) is 17.0 Å². The van der Waals surface area contributed by atoms with Gasteiger partial charge in [0.2, 0.25) is 27.7 Å². The standard InChI is InChI=1S/C20H25N7O5S/c1-12(18(32-4)15-10-22-17(31-3)11-21-15)33(28,29)26-20-25-24-19(27(20)13-8-9-13)14-6-5-7-16(23-14)30-2/h5-7,10-13,18H,8-9H2,1-4H3,(H,25,26). The van der Waals surface area contributed by atoms with Crippen molar-refractivity contribution in [1.82, 2.24) is 29.7 Å². The third-order valence-electron chi connectivity index (χ3n) is 5.32. The van der Waals surface area contributed by atoms with Gasteiger partial charge in [-0.25, -0.2) is 18.4 Å². The summed E-state index contributed by atoms with van der Waals surface area (Å²) in [5, 5.41) is 7.32. The van der Waals surface area contributed by atoms with E-state index in [4.69, 9.17) is 14.2 Å². The number of nitrogens with zero attached hydrogens (tertiary/aromatic N) is 6. The second-order valence-electron chi connectivity index (χ2n) is 7.51. The quantitative estimate of drug-likeness (QED) is 0.462. The van der Waals surface area contributed by atoms with Crippen molar-refractivity contribution in [2.24, 2.45) is 0 Å². The number of hydrogen-bond donors (Lipinski definition) is 1. The van der Waals surface area contributed by atoms with Crippen LogP contribution >= 0.6 is 0 Å². The molecule has 1 saturated carbocycles. The van der Waals surface area contributed by atoms with Gasteiger partial charge in [0.05, 0.1) is 32.3 Å². The van der Waals surface area contributed by atoms with E-state index in [9.17, 15) is 8.42 Å². The van der Waals surface area contributed by atoms with Crippen LogP contribution < -0.4 is 14.2 Å². The molecule has 0 radical (unpaired) electrons. The Labute approximate surface area is 191 Å². The largest absolute Gasteiger partial charge is 0.481 e. The van der Waals surface area contributed by atoms with Crippen LogP contribution in [0.2, 0.25) is 0 Å². The van der Waals surface area contributed by atoms with E-state index in [0.717, 1.165) is 12.8 Å². The predicted octanol–water partition coefficient (Wildman–Crippen LogP) is 2.00. The maximum absolute atomic E-state index is 13.3. The van der Waals surface area contributed by atoms with Gasteiger partial charge in [-0.1, -0.05) is 6.07 Å². The second kappa shape index (κ2) is 9.27. The van der Waals surface area contributed by atoms with Crippen molar-refractivity contribution in [1.29, 1.82) is 0 Å². The van der Waals surface area contributed by atoms with Gasteiger partial charge in [-0.05, 0) is 25.8 Å². The molecule has 0 aromatic carbocycles. The zero-order valence-electron chi connectivity index (χ0n) is 18.7. The summed E-state index contributed by atoms with van der Waals surface area (Å²) in [7, 11) is 0.476. The van der Waals surface area contributed by atoms with Gasteiger partial charge >= 0.3 is 0 Å². The van der Waals surface area contributed by atoms with Crippen molar-refractivity contribution in [3.05, 3.63) is 36.3 Å². The highest BCUT2D eigenvalue weighted by Gasteiger charge is 2.36. The summed E-state index contributed by atoms with van der Waals surface area (Å²) in [6, 6.07) is 5.37. The van der Waals surface area contributed by atoms with Crippen LogP contribution in [0.5, 0.6) is 11.8 Å². The fourth-order valence-corrected chi connectivity index (χ4v) is 4.54. The molecule has 2 atom stereocenters. The first-order valence-corrected chi connectivity index (χ1v) is 11.8. The molecule has 0 saturated heterocycles. The Balaban J connectivity index is 1.62. The summed E-state index contributed by atoms with van der Waals surface area (Å²) in [4.78, 5) is 12.7. The van der Waals surface area contributed by atoms with Gasteiger partial charge in [0, 0.05) is 19.2 Å². The third-order valence-corrected chi connectivity index (χ3v) is 7.01. The molecular weight excluding hydrogens is 450 g/mol. The number of nitrogens with one attached hydrogen (secondary N) is 1. The molecule has 1 aliphatic carbocycles. The van der Waals surface area contributed by atoms with E-state index in [0.29, 0.717) is 29.0 Å². The monoisotopic (exact) mass is 475 g/mol. The first-order valence-electron chi connectivity index (χ1n) is 10.2. The zero-order valence-corrected chi connectivity index (χ0v) is 19.5. The third kappa shape index (κ3) is 4.73. The van der Waals surface area contributed by atoms with Crippen molar-refractivity contribution >= 4 is 16.0 Å². The molecule has 33 heavy (non-hydrogen) atoms. The SMILES string of the molecule is COc1cnc(C(OC)C(C)S(=O)(=O)Nc2nnc(-c3cccc(OC)n3)n2C2CC2)cn1. The number of methoxy groups -OCH3 is 3. The molecule has 3 aromatic heterocycles. The van der Waals surface area contributed by atoms with E-state index in [-0.39, 0.29) is 12.0 Å². The van der Waals surface area contributed by atoms with Gasteiger partial charge < -0.3 is 14.2 Å². The Bertz CT molecular complexity index is 1210. The molecule has 1 fully saturated rings. The van der Waals surface area contributed by atoms with Crippen molar-refractivity contribution < 1.29 is 22.6 Å². The number of pyridine rings is 1.